The lowest BCUT2D eigenvalue weighted by Crippen LogP contribution is -2.41. The van der Waals surface area contributed by atoms with Crippen molar-refractivity contribution < 1.29 is 9.31 Å². The Bertz CT molecular complexity index is 549. The van der Waals surface area contributed by atoms with Gasteiger partial charge in [-0.25, -0.2) is 0 Å². The standard InChI is InChI=1S/C18H31BN2O2/c1-16(2)9-7-8-14(10-16)12-21-13-15(11-20-21)19-22-17(3,4)18(5,6)23-19/h11,13-14H,7-10,12H2,1-6H3. The van der Waals surface area contributed by atoms with Gasteiger partial charge in [0.1, 0.15) is 0 Å². The van der Waals surface area contributed by atoms with Crippen molar-refractivity contribution in [2.75, 3.05) is 0 Å². The Hall–Kier alpha value is -0.805. The lowest BCUT2D eigenvalue weighted by molar-refractivity contribution is 0.00578. The fourth-order valence-corrected chi connectivity index (χ4v) is 3.86. The van der Waals surface area contributed by atoms with Crippen molar-refractivity contribution in [3.8, 4) is 0 Å². The first-order valence-corrected chi connectivity index (χ1v) is 8.96. The van der Waals surface area contributed by atoms with Crippen molar-refractivity contribution in [1.82, 2.24) is 9.78 Å². The Kier molecular flexibility index (Phi) is 4.17. The number of nitrogens with zero attached hydrogens (tertiary/aromatic N) is 2. The molecule has 2 aliphatic rings. The van der Waals surface area contributed by atoms with Crippen molar-refractivity contribution in [1.29, 1.82) is 0 Å². The molecule has 1 saturated heterocycles. The zero-order chi connectivity index (χ0) is 16.9. The van der Waals surface area contributed by atoms with Crippen LogP contribution in [0.15, 0.2) is 12.4 Å². The molecule has 23 heavy (non-hydrogen) atoms. The van der Waals surface area contributed by atoms with Gasteiger partial charge in [-0.05, 0) is 58.3 Å². The second kappa shape index (κ2) is 5.63. The van der Waals surface area contributed by atoms with Crippen LogP contribution in [0.3, 0.4) is 0 Å². The minimum Gasteiger partial charge on any atom is -0.399 e. The molecule has 3 rings (SSSR count). The van der Waals surface area contributed by atoms with Gasteiger partial charge in [-0.1, -0.05) is 20.3 Å². The summed E-state index contributed by atoms with van der Waals surface area (Å²) >= 11 is 0. The number of aromatic nitrogens is 2. The molecule has 0 bridgehead atoms. The van der Waals surface area contributed by atoms with E-state index in [1.807, 2.05) is 6.20 Å². The van der Waals surface area contributed by atoms with Crippen LogP contribution < -0.4 is 5.46 Å². The zero-order valence-electron chi connectivity index (χ0n) is 15.6. The summed E-state index contributed by atoms with van der Waals surface area (Å²) in [6, 6.07) is 0. The van der Waals surface area contributed by atoms with E-state index >= 15 is 0 Å². The van der Waals surface area contributed by atoms with Gasteiger partial charge in [-0.15, -0.1) is 0 Å². The molecule has 1 unspecified atom stereocenters. The van der Waals surface area contributed by atoms with Crippen LogP contribution >= 0.6 is 0 Å². The first kappa shape index (κ1) is 17.0. The highest BCUT2D eigenvalue weighted by Gasteiger charge is 2.52. The Labute approximate surface area is 141 Å². The monoisotopic (exact) mass is 318 g/mol. The highest BCUT2D eigenvalue weighted by molar-refractivity contribution is 6.61. The van der Waals surface area contributed by atoms with Gasteiger partial charge in [-0.2, -0.15) is 5.10 Å². The van der Waals surface area contributed by atoms with Crippen LogP contribution in [-0.2, 0) is 15.9 Å². The molecule has 1 aliphatic carbocycles. The van der Waals surface area contributed by atoms with E-state index in [1.54, 1.807) is 0 Å². The molecular weight excluding hydrogens is 287 g/mol. The average molecular weight is 318 g/mol. The molecule has 1 atom stereocenters. The first-order chi connectivity index (χ1) is 10.6. The van der Waals surface area contributed by atoms with E-state index in [-0.39, 0.29) is 18.3 Å². The summed E-state index contributed by atoms with van der Waals surface area (Å²) in [6.07, 6.45) is 9.29. The molecule has 1 aromatic rings. The summed E-state index contributed by atoms with van der Waals surface area (Å²) in [6.45, 7) is 14.1. The van der Waals surface area contributed by atoms with E-state index in [0.29, 0.717) is 5.41 Å². The van der Waals surface area contributed by atoms with E-state index in [4.69, 9.17) is 9.31 Å². The van der Waals surface area contributed by atoms with Gasteiger partial charge in [0.25, 0.3) is 0 Å². The summed E-state index contributed by atoms with van der Waals surface area (Å²) in [5.74, 6) is 0.727. The predicted molar refractivity (Wildman–Crippen MR) is 93.7 cm³/mol. The quantitative estimate of drug-likeness (QED) is 0.802. The third-order valence-corrected chi connectivity index (χ3v) is 5.93. The Balaban J connectivity index is 1.65. The molecule has 4 nitrogen and oxygen atoms in total. The molecular formula is C18H31BN2O2. The number of rotatable bonds is 3. The number of hydrogen-bond acceptors (Lipinski definition) is 3. The van der Waals surface area contributed by atoms with Crippen LogP contribution in [0.25, 0.3) is 0 Å². The average Bonchev–Trinajstić information content (AvgIpc) is 2.91. The largest absolute Gasteiger partial charge is 0.498 e. The maximum absolute atomic E-state index is 6.11. The molecule has 1 aromatic heterocycles. The molecule has 128 valence electrons. The van der Waals surface area contributed by atoms with Crippen LogP contribution in [0, 0.1) is 11.3 Å². The molecule has 2 fully saturated rings. The summed E-state index contributed by atoms with van der Waals surface area (Å²) in [5.41, 5.74) is 0.906. The van der Waals surface area contributed by atoms with Crippen molar-refractivity contribution in [2.45, 2.75) is 85.0 Å². The van der Waals surface area contributed by atoms with Crippen molar-refractivity contribution >= 4 is 12.6 Å². The zero-order valence-corrected chi connectivity index (χ0v) is 15.6. The summed E-state index contributed by atoms with van der Waals surface area (Å²) in [5, 5.41) is 4.55. The third-order valence-electron chi connectivity index (χ3n) is 5.93. The van der Waals surface area contributed by atoms with Crippen molar-refractivity contribution in [3.05, 3.63) is 12.4 Å². The summed E-state index contributed by atoms with van der Waals surface area (Å²) in [4.78, 5) is 0. The molecule has 1 saturated carbocycles. The van der Waals surface area contributed by atoms with Gasteiger partial charge in [0.2, 0.25) is 0 Å². The molecule has 5 heteroatoms. The normalized spacial score (nSPS) is 29.0. The number of hydrogen-bond donors (Lipinski definition) is 0. The minimum absolute atomic E-state index is 0.298. The third kappa shape index (κ3) is 3.51. The Morgan fingerprint density at radius 2 is 1.83 bits per heavy atom. The maximum atomic E-state index is 6.11. The molecule has 0 amide bonds. The van der Waals surface area contributed by atoms with Gasteiger partial charge in [-0.3, -0.25) is 4.68 Å². The van der Waals surface area contributed by atoms with E-state index in [2.05, 4.69) is 57.5 Å². The summed E-state index contributed by atoms with van der Waals surface area (Å²) < 4.78 is 14.3. The second-order valence-electron chi connectivity index (χ2n) is 9.21. The predicted octanol–water partition coefficient (Wildman–Crippen LogP) is 3.40. The van der Waals surface area contributed by atoms with E-state index in [1.165, 1.54) is 25.7 Å². The molecule has 0 radical (unpaired) electrons. The fraction of sp³-hybridized carbons (Fsp3) is 0.833. The van der Waals surface area contributed by atoms with Crippen molar-refractivity contribution in [3.63, 3.8) is 0 Å². The van der Waals surface area contributed by atoms with Gasteiger partial charge < -0.3 is 9.31 Å². The van der Waals surface area contributed by atoms with Gasteiger partial charge in [0.15, 0.2) is 0 Å². The van der Waals surface area contributed by atoms with Gasteiger partial charge >= 0.3 is 7.12 Å². The van der Waals surface area contributed by atoms with Crippen LogP contribution in [0.5, 0.6) is 0 Å². The first-order valence-electron chi connectivity index (χ1n) is 8.96. The van der Waals surface area contributed by atoms with Crippen molar-refractivity contribution in [2.24, 2.45) is 11.3 Å². The highest BCUT2D eigenvalue weighted by atomic mass is 16.7. The van der Waals surface area contributed by atoms with Crippen LogP contribution in [-0.4, -0.2) is 28.1 Å². The Morgan fingerprint density at radius 1 is 1.17 bits per heavy atom. The molecule has 2 heterocycles. The molecule has 1 aliphatic heterocycles. The van der Waals surface area contributed by atoms with E-state index in [0.717, 1.165) is 17.9 Å². The SMILES string of the molecule is CC1(C)CCCC(Cn2cc(B3OC(C)(C)C(C)(C)O3)cn2)C1. The maximum Gasteiger partial charge on any atom is 0.498 e. The topological polar surface area (TPSA) is 36.3 Å². The highest BCUT2D eigenvalue weighted by Crippen LogP contribution is 2.39. The smallest absolute Gasteiger partial charge is 0.399 e. The van der Waals surface area contributed by atoms with E-state index < -0.39 is 0 Å². The van der Waals surface area contributed by atoms with Gasteiger partial charge in [0.05, 0.1) is 11.2 Å². The minimum atomic E-state index is -0.309. The second-order valence-corrected chi connectivity index (χ2v) is 9.21. The fourth-order valence-electron chi connectivity index (χ4n) is 3.86. The Morgan fingerprint density at radius 3 is 2.43 bits per heavy atom. The molecule has 0 spiro atoms. The molecule has 0 N–H and O–H groups in total. The van der Waals surface area contributed by atoms with E-state index in [9.17, 15) is 0 Å². The van der Waals surface area contributed by atoms with Crippen LogP contribution in [0.4, 0.5) is 0 Å². The molecule has 0 aromatic carbocycles. The van der Waals surface area contributed by atoms with Gasteiger partial charge in [0, 0.05) is 24.4 Å². The lowest BCUT2D eigenvalue weighted by atomic mass is 9.72. The van der Waals surface area contributed by atoms with Crippen LogP contribution in [0.1, 0.15) is 67.2 Å². The summed E-state index contributed by atoms with van der Waals surface area (Å²) in [7, 11) is -0.309. The van der Waals surface area contributed by atoms with Crippen LogP contribution in [0.2, 0.25) is 0 Å². The lowest BCUT2D eigenvalue weighted by Gasteiger charge is -2.35.